The Kier molecular flexibility index (Phi) is 4.92. The maximum Gasteiger partial charge on any atom is 0.323 e. The number of hydrogen-bond acceptors (Lipinski definition) is 4. The van der Waals surface area contributed by atoms with Crippen LogP contribution in [-0.2, 0) is 17.8 Å². The molecule has 0 spiro atoms. The summed E-state index contributed by atoms with van der Waals surface area (Å²) in [5, 5.41) is 5.66. The molecular formula is C24H21N3O4. The van der Waals surface area contributed by atoms with E-state index in [2.05, 4.69) is 10.6 Å². The largest absolute Gasteiger partial charge is 0.454 e. The second-order valence-electron chi connectivity index (χ2n) is 7.46. The highest BCUT2D eigenvalue weighted by molar-refractivity contribution is 6.01. The maximum absolute atomic E-state index is 12.5. The summed E-state index contributed by atoms with van der Waals surface area (Å²) < 4.78 is 10.6. The summed E-state index contributed by atoms with van der Waals surface area (Å²) in [5.74, 6) is 1.38. The van der Waals surface area contributed by atoms with Gasteiger partial charge in [-0.15, -0.1) is 0 Å². The minimum atomic E-state index is -0.355. The Morgan fingerprint density at radius 3 is 2.45 bits per heavy atom. The van der Waals surface area contributed by atoms with Gasteiger partial charge in [-0.1, -0.05) is 30.3 Å². The quantitative estimate of drug-likeness (QED) is 0.656. The summed E-state index contributed by atoms with van der Waals surface area (Å²) >= 11 is 0. The van der Waals surface area contributed by atoms with Gasteiger partial charge in [0.05, 0.1) is 6.54 Å². The lowest BCUT2D eigenvalue weighted by Gasteiger charge is -2.30. The van der Waals surface area contributed by atoms with Crippen molar-refractivity contribution in [3.05, 3.63) is 77.9 Å². The molecule has 2 aliphatic rings. The molecule has 0 unspecified atom stereocenters. The van der Waals surface area contributed by atoms with Gasteiger partial charge in [-0.2, -0.15) is 0 Å². The predicted molar refractivity (Wildman–Crippen MR) is 118 cm³/mol. The zero-order valence-corrected chi connectivity index (χ0v) is 16.8. The van der Waals surface area contributed by atoms with Crippen molar-refractivity contribution in [1.82, 2.24) is 0 Å². The van der Waals surface area contributed by atoms with Crippen LogP contribution in [0.4, 0.5) is 21.9 Å². The Morgan fingerprint density at radius 2 is 1.61 bits per heavy atom. The van der Waals surface area contributed by atoms with Gasteiger partial charge in [-0.25, -0.2) is 4.79 Å². The van der Waals surface area contributed by atoms with E-state index in [0.29, 0.717) is 42.3 Å². The van der Waals surface area contributed by atoms with Crippen LogP contribution in [0.25, 0.3) is 0 Å². The molecule has 2 aliphatic heterocycles. The van der Waals surface area contributed by atoms with Crippen molar-refractivity contribution >= 4 is 29.0 Å². The molecule has 31 heavy (non-hydrogen) atoms. The van der Waals surface area contributed by atoms with E-state index in [1.165, 1.54) is 0 Å². The summed E-state index contributed by atoms with van der Waals surface area (Å²) in [6.45, 7) is 0.716. The Labute approximate surface area is 179 Å². The Balaban J connectivity index is 1.29. The third-order valence-corrected chi connectivity index (χ3v) is 5.35. The number of urea groups is 1. The topological polar surface area (TPSA) is 79.9 Å². The van der Waals surface area contributed by atoms with Crippen molar-refractivity contribution in [3.63, 3.8) is 0 Å². The van der Waals surface area contributed by atoms with Gasteiger partial charge in [-0.3, -0.25) is 4.79 Å². The van der Waals surface area contributed by atoms with Gasteiger partial charge in [-0.05, 0) is 47.9 Å². The summed E-state index contributed by atoms with van der Waals surface area (Å²) in [6.07, 6.45) is 1.10. The van der Waals surface area contributed by atoms with E-state index < -0.39 is 0 Å². The molecule has 7 nitrogen and oxygen atoms in total. The third-order valence-electron chi connectivity index (χ3n) is 5.35. The van der Waals surface area contributed by atoms with E-state index in [0.717, 1.165) is 16.8 Å². The summed E-state index contributed by atoms with van der Waals surface area (Å²) in [7, 11) is 0. The zero-order chi connectivity index (χ0) is 21.2. The van der Waals surface area contributed by atoms with Crippen LogP contribution in [0, 0.1) is 0 Å². The highest BCUT2D eigenvalue weighted by Crippen LogP contribution is 2.34. The monoisotopic (exact) mass is 415 g/mol. The lowest BCUT2D eigenvalue weighted by Crippen LogP contribution is -2.34. The second-order valence-corrected chi connectivity index (χ2v) is 7.46. The van der Waals surface area contributed by atoms with Gasteiger partial charge in [0.1, 0.15) is 0 Å². The fraction of sp³-hybridized carbons (Fsp3) is 0.167. The van der Waals surface area contributed by atoms with E-state index >= 15 is 0 Å². The van der Waals surface area contributed by atoms with Crippen molar-refractivity contribution in [3.8, 4) is 11.5 Å². The number of amides is 3. The fourth-order valence-corrected chi connectivity index (χ4v) is 3.84. The number of hydrogen-bond donors (Lipinski definition) is 2. The van der Waals surface area contributed by atoms with Crippen molar-refractivity contribution in [2.24, 2.45) is 0 Å². The highest BCUT2D eigenvalue weighted by Gasteiger charge is 2.24. The van der Waals surface area contributed by atoms with Crippen LogP contribution in [0.3, 0.4) is 0 Å². The third kappa shape index (κ3) is 4.02. The minimum absolute atomic E-state index is 0.109. The smallest absolute Gasteiger partial charge is 0.323 e. The SMILES string of the molecule is O=C(Nc1ccc2c(c1)CCC(=O)N2Cc1ccccc1)Nc1ccc2c(c1)OCO2. The van der Waals surface area contributed by atoms with Crippen molar-refractivity contribution in [1.29, 1.82) is 0 Å². The molecule has 0 bridgehead atoms. The Bertz CT molecular complexity index is 1150. The number of nitrogens with zero attached hydrogens (tertiary/aromatic N) is 1. The van der Waals surface area contributed by atoms with Crippen molar-refractivity contribution in [2.75, 3.05) is 22.3 Å². The van der Waals surface area contributed by atoms with Crippen LogP contribution in [0.5, 0.6) is 11.5 Å². The summed E-state index contributed by atoms with van der Waals surface area (Å²) in [4.78, 5) is 26.8. The molecule has 0 radical (unpaired) electrons. The molecule has 0 saturated carbocycles. The van der Waals surface area contributed by atoms with Crippen LogP contribution in [-0.4, -0.2) is 18.7 Å². The number of nitrogens with one attached hydrogen (secondary N) is 2. The Morgan fingerprint density at radius 1 is 0.871 bits per heavy atom. The van der Waals surface area contributed by atoms with Crippen LogP contribution in [0.1, 0.15) is 17.5 Å². The van der Waals surface area contributed by atoms with Gasteiger partial charge in [0.15, 0.2) is 11.5 Å². The number of carbonyl (C=O) groups excluding carboxylic acids is 2. The standard InChI is InChI=1S/C24H21N3O4/c28-23-11-6-17-12-18(7-9-20(17)27(23)14-16-4-2-1-3-5-16)25-24(29)26-19-8-10-21-22(13-19)31-15-30-21/h1-5,7-10,12-13H,6,11,14-15H2,(H2,25,26,29). The first-order chi connectivity index (χ1) is 15.2. The molecular weight excluding hydrogens is 394 g/mol. The minimum Gasteiger partial charge on any atom is -0.454 e. The summed E-state index contributed by atoms with van der Waals surface area (Å²) in [5.41, 5.74) is 4.29. The average Bonchev–Trinajstić information content (AvgIpc) is 3.24. The molecule has 0 aliphatic carbocycles. The molecule has 0 fully saturated rings. The number of anilines is 3. The second kappa shape index (κ2) is 8.02. The molecule has 0 aromatic heterocycles. The van der Waals surface area contributed by atoms with Gasteiger partial charge in [0.2, 0.25) is 12.7 Å². The molecule has 156 valence electrons. The first kappa shape index (κ1) is 19.0. The summed E-state index contributed by atoms with van der Waals surface area (Å²) in [6, 6.07) is 20.4. The van der Waals surface area contributed by atoms with Gasteiger partial charge >= 0.3 is 6.03 Å². The number of carbonyl (C=O) groups is 2. The molecule has 2 N–H and O–H groups in total. The number of rotatable bonds is 4. The van der Waals surface area contributed by atoms with E-state index in [1.54, 1.807) is 18.2 Å². The van der Waals surface area contributed by atoms with E-state index in [1.807, 2.05) is 53.4 Å². The van der Waals surface area contributed by atoms with E-state index in [-0.39, 0.29) is 18.7 Å². The molecule has 7 heteroatoms. The maximum atomic E-state index is 12.5. The zero-order valence-electron chi connectivity index (χ0n) is 16.8. The number of ether oxygens (including phenoxy) is 2. The van der Waals surface area contributed by atoms with E-state index in [4.69, 9.17) is 9.47 Å². The van der Waals surface area contributed by atoms with E-state index in [9.17, 15) is 9.59 Å². The number of fused-ring (bicyclic) bond motifs is 2. The average molecular weight is 415 g/mol. The molecule has 0 atom stereocenters. The lowest BCUT2D eigenvalue weighted by molar-refractivity contribution is -0.119. The fourth-order valence-electron chi connectivity index (χ4n) is 3.84. The highest BCUT2D eigenvalue weighted by atomic mass is 16.7. The number of aryl methyl sites for hydroxylation is 1. The first-order valence-electron chi connectivity index (χ1n) is 10.1. The molecule has 0 saturated heterocycles. The van der Waals surface area contributed by atoms with Crippen LogP contribution < -0.4 is 25.0 Å². The molecule has 3 aromatic rings. The van der Waals surface area contributed by atoms with Gasteiger partial charge < -0.3 is 25.0 Å². The van der Waals surface area contributed by atoms with Gasteiger partial charge in [0.25, 0.3) is 0 Å². The van der Waals surface area contributed by atoms with Gasteiger partial charge in [0, 0.05) is 29.5 Å². The molecule has 2 heterocycles. The van der Waals surface area contributed by atoms with Crippen LogP contribution >= 0.6 is 0 Å². The predicted octanol–water partition coefficient (Wildman–Crippen LogP) is 4.54. The first-order valence-corrected chi connectivity index (χ1v) is 10.1. The van der Waals surface area contributed by atoms with Crippen LogP contribution in [0.15, 0.2) is 66.7 Å². The Hall–Kier alpha value is -4.00. The lowest BCUT2D eigenvalue weighted by atomic mass is 9.99. The van der Waals surface area contributed by atoms with Crippen molar-refractivity contribution in [2.45, 2.75) is 19.4 Å². The van der Waals surface area contributed by atoms with Crippen molar-refractivity contribution < 1.29 is 19.1 Å². The van der Waals surface area contributed by atoms with Crippen LogP contribution in [0.2, 0.25) is 0 Å². The number of benzene rings is 3. The molecule has 3 amide bonds. The normalized spacial score (nSPS) is 14.2. The molecule has 5 rings (SSSR count). The molecule has 3 aromatic carbocycles.